The normalized spacial score (nSPS) is 23.8. The zero-order chi connectivity index (χ0) is 14.9. The molecule has 1 N–H and O–H groups in total. The molecule has 1 aliphatic rings. The van der Waals surface area contributed by atoms with Crippen molar-refractivity contribution >= 4 is 11.9 Å². The lowest BCUT2D eigenvalue weighted by atomic mass is 9.93. The Morgan fingerprint density at radius 2 is 2.20 bits per heavy atom. The lowest BCUT2D eigenvalue weighted by Crippen LogP contribution is -2.58. The standard InChI is InChI=1S/C14H18N2O4/c1-14(2,3)16-10(17)8-20-12(13(18)19)11(16)9-5-4-6-15-7-9/h4-7,11-12H,8H2,1-3H3,(H,18,19). The number of carboxylic acids is 1. The van der Waals surface area contributed by atoms with Crippen LogP contribution < -0.4 is 0 Å². The highest BCUT2D eigenvalue weighted by atomic mass is 16.5. The van der Waals surface area contributed by atoms with E-state index in [1.54, 1.807) is 29.4 Å². The SMILES string of the molecule is CC(C)(C)N1C(=O)COC(C(=O)O)C1c1cccnc1. The van der Waals surface area contributed by atoms with Crippen LogP contribution in [0.5, 0.6) is 0 Å². The molecule has 1 amide bonds. The van der Waals surface area contributed by atoms with E-state index in [0.29, 0.717) is 5.56 Å². The summed E-state index contributed by atoms with van der Waals surface area (Å²) in [6.07, 6.45) is 2.09. The molecule has 0 saturated carbocycles. The van der Waals surface area contributed by atoms with E-state index in [0.717, 1.165) is 0 Å². The maximum Gasteiger partial charge on any atom is 0.335 e. The molecule has 1 fully saturated rings. The van der Waals surface area contributed by atoms with Gasteiger partial charge in [-0.1, -0.05) is 6.07 Å². The average molecular weight is 278 g/mol. The second-order valence-electron chi connectivity index (χ2n) is 5.74. The number of carbonyl (C=O) groups is 2. The highest BCUT2D eigenvalue weighted by Gasteiger charge is 2.46. The van der Waals surface area contributed by atoms with Gasteiger partial charge in [-0.3, -0.25) is 9.78 Å². The molecule has 0 radical (unpaired) electrons. The Hall–Kier alpha value is -1.95. The number of rotatable bonds is 2. The lowest BCUT2D eigenvalue weighted by molar-refractivity contribution is -0.179. The number of ether oxygens (including phenoxy) is 1. The fourth-order valence-electron chi connectivity index (χ4n) is 2.48. The second-order valence-corrected chi connectivity index (χ2v) is 5.74. The van der Waals surface area contributed by atoms with Gasteiger partial charge in [0.25, 0.3) is 0 Å². The van der Waals surface area contributed by atoms with Crippen molar-refractivity contribution in [2.24, 2.45) is 0 Å². The van der Waals surface area contributed by atoms with Gasteiger partial charge in [-0.25, -0.2) is 4.79 Å². The molecule has 0 aliphatic carbocycles. The van der Waals surface area contributed by atoms with Crippen molar-refractivity contribution < 1.29 is 19.4 Å². The largest absolute Gasteiger partial charge is 0.479 e. The van der Waals surface area contributed by atoms with E-state index in [9.17, 15) is 14.7 Å². The molecular weight excluding hydrogens is 260 g/mol. The van der Waals surface area contributed by atoms with Crippen LogP contribution in [-0.4, -0.2) is 45.1 Å². The molecule has 2 atom stereocenters. The van der Waals surface area contributed by atoms with Crippen LogP contribution in [0.4, 0.5) is 0 Å². The van der Waals surface area contributed by atoms with Gasteiger partial charge >= 0.3 is 5.97 Å². The van der Waals surface area contributed by atoms with Crippen LogP contribution in [0, 0.1) is 0 Å². The molecule has 108 valence electrons. The van der Waals surface area contributed by atoms with E-state index >= 15 is 0 Å². The van der Waals surface area contributed by atoms with E-state index in [2.05, 4.69) is 4.98 Å². The van der Waals surface area contributed by atoms with Crippen LogP contribution >= 0.6 is 0 Å². The van der Waals surface area contributed by atoms with Gasteiger partial charge in [0.1, 0.15) is 6.61 Å². The topological polar surface area (TPSA) is 79.7 Å². The Balaban J connectivity index is 2.50. The highest BCUT2D eigenvalue weighted by Crippen LogP contribution is 2.35. The fourth-order valence-corrected chi connectivity index (χ4v) is 2.48. The Morgan fingerprint density at radius 1 is 1.50 bits per heavy atom. The number of hydrogen-bond acceptors (Lipinski definition) is 4. The molecule has 1 aliphatic heterocycles. The molecule has 2 unspecified atom stereocenters. The zero-order valence-electron chi connectivity index (χ0n) is 11.7. The summed E-state index contributed by atoms with van der Waals surface area (Å²) in [6, 6.07) is 2.80. The van der Waals surface area contributed by atoms with Gasteiger partial charge in [-0.2, -0.15) is 0 Å². The average Bonchev–Trinajstić information content (AvgIpc) is 2.37. The summed E-state index contributed by atoms with van der Waals surface area (Å²) in [6.45, 7) is 5.40. The van der Waals surface area contributed by atoms with E-state index < -0.39 is 23.7 Å². The molecule has 1 saturated heterocycles. The first-order valence-corrected chi connectivity index (χ1v) is 6.39. The van der Waals surface area contributed by atoms with Crippen LogP contribution in [0.2, 0.25) is 0 Å². The third-order valence-electron chi connectivity index (χ3n) is 3.21. The predicted octanol–water partition coefficient (Wildman–Crippen LogP) is 1.23. The third-order valence-corrected chi connectivity index (χ3v) is 3.21. The molecule has 6 nitrogen and oxygen atoms in total. The minimum Gasteiger partial charge on any atom is -0.479 e. The molecule has 0 spiro atoms. The summed E-state index contributed by atoms with van der Waals surface area (Å²) in [7, 11) is 0. The van der Waals surface area contributed by atoms with Gasteiger partial charge < -0.3 is 14.7 Å². The summed E-state index contributed by atoms with van der Waals surface area (Å²) in [5, 5.41) is 9.36. The van der Waals surface area contributed by atoms with E-state index in [-0.39, 0.29) is 12.5 Å². The van der Waals surface area contributed by atoms with E-state index in [4.69, 9.17) is 4.74 Å². The van der Waals surface area contributed by atoms with Crippen molar-refractivity contribution in [1.82, 2.24) is 9.88 Å². The molecule has 2 heterocycles. The summed E-state index contributed by atoms with van der Waals surface area (Å²) in [5.74, 6) is -1.30. The smallest absolute Gasteiger partial charge is 0.335 e. The van der Waals surface area contributed by atoms with Gasteiger partial charge in [0.05, 0.1) is 6.04 Å². The van der Waals surface area contributed by atoms with Gasteiger partial charge in [0.15, 0.2) is 6.10 Å². The Bertz CT molecular complexity index is 510. The van der Waals surface area contributed by atoms with Gasteiger partial charge in [-0.05, 0) is 32.4 Å². The number of morpholine rings is 1. The molecular formula is C14H18N2O4. The minimum absolute atomic E-state index is 0.217. The van der Waals surface area contributed by atoms with Crippen LogP contribution in [0.3, 0.4) is 0 Å². The molecule has 0 aromatic carbocycles. The number of amides is 1. The lowest BCUT2D eigenvalue weighted by Gasteiger charge is -2.46. The number of carboxylic acid groups (broad SMARTS) is 1. The second kappa shape index (κ2) is 5.20. The Labute approximate surface area is 117 Å². The summed E-state index contributed by atoms with van der Waals surface area (Å²) in [4.78, 5) is 29.2. The molecule has 20 heavy (non-hydrogen) atoms. The zero-order valence-corrected chi connectivity index (χ0v) is 11.7. The fraction of sp³-hybridized carbons (Fsp3) is 0.500. The number of hydrogen-bond donors (Lipinski definition) is 1. The quantitative estimate of drug-likeness (QED) is 0.880. The van der Waals surface area contributed by atoms with E-state index in [1.165, 1.54) is 0 Å². The van der Waals surface area contributed by atoms with Crippen molar-refractivity contribution in [3.05, 3.63) is 30.1 Å². The van der Waals surface area contributed by atoms with Crippen molar-refractivity contribution in [1.29, 1.82) is 0 Å². The molecule has 1 aromatic heterocycles. The summed E-state index contributed by atoms with van der Waals surface area (Å²) < 4.78 is 5.23. The van der Waals surface area contributed by atoms with Crippen molar-refractivity contribution in [3.8, 4) is 0 Å². The number of nitrogens with zero attached hydrogens (tertiary/aromatic N) is 2. The van der Waals surface area contributed by atoms with Crippen LogP contribution in [0.25, 0.3) is 0 Å². The first-order chi connectivity index (χ1) is 9.32. The Morgan fingerprint density at radius 3 is 2.70 bits per heavy atom. The maximum atomic E-state index is 12.2. The first-order valence-electron chi connectivity index (χ1n) is 6.39. The first kappa shape index (κ1) is 14.5. The number of aliphatic carboxylic acids is 1. The molecule has 6 heteroatoms. The predicted molar refractivity (Wildman–Crippen MR) is 71.0 cm³/mol. The van der Waals surface area contributed by atoms with Crippen LogP contribution in [0.1, 0.15) is 32.4 Å². The van der Waals surface area contributed by atoms with E-state index in [1.807, 2.05) is 20.8 Å². The molecule has 1 aromatic rings. The van der Waals surface area contributed by atoms with Crippen molar-refractivity contribution in [2.45, 2.75) is 38.5 Å². The van der Waals surface area contributed by atoms with Crippen molar-refractivity contribution in [3.63, 3.8) is 0 Å². The number of pyridine rings is 1. The summed E-state index contributed by atoms with van der Waals surface area (Å²) >= 11 is 0. The number of aromatic nitrogens is 1. The minimum atomic E-state index is -1.09. The third kappa shape index (κ3) is 2.65. The van der Waals surface area contributed by atoms with Crippen LogP contribution in [0.15, 0.2) is 24.5 Å². The van der Waals surface area contributed by atoms with Gasteiger partial charge in [0, 0.05) is 17.9 Å². The Kier molecular flexibility index (Phi) is 3.76. The van der Waals surface area contributed by atoms with Gasteiger partial charge in [-0.15, -0.1) is 0 Å². The van der Waals surface area contributed by atoms with Gasteiger partial charge in [0.2, 0.25) is 5.91 Å². The number of carbonyl (C=O) groups excluding carboxylic acids is 1. The molecule has 0 bridgehead atoms. The monoisotopic (exact) mass is 278 g/mol. The van der Waals surface area contributed by atoms with Crippen LogP contribution in [-0.2, 0) is 14.3 Å². The molecule has 2 rings (SSSR count). The maximum absolute atomic E-state index is 12.2. The van der Waals surface area contributed by atoms with Crippen molar-refractivity contribution in [2.75, 3.05) is 6.61 Å². The summed E-state index contributed by atoms with van der Waals surface area (Å²) in [5.41, 5.74) is 0.151. The highest BCUT2D eigenvalue weighted by molar-refractivity contribution is 5.83.